The van der Waals surface area contributed by atoms with E-state index in [-0.39, 0.29) is 29.1 Å². The molecular formula is C26H29FN2O4S. The molecule has 3 aromatic carbocycles. The minimum Gasteiger partial charge on any atom is -0.492 e. The molecule has 0 spiro atoms. The van der Waals surface area contributed by atoms with Crippen LogP contribution in [0.4, 0.5) is 10.1 Å². The van der Waals surface area contributed by atoms with Crippen LogP contribution < -0.4 is 14.4 Å². The zero-order valence-corrected chi connectivity index (χ0v) is 20.3. The second kappa shape index (κ2) is 10.7. The molecule has 0 heterocycles. The molecule has 1 N–H and O–H groups in total. The van der Waals surface area contributed by atoms with Gasteiger partial charge in [0.15, 0.2) is 0 Å². The minimum absolute atomic E-state index is 0.0342. The lowest BCUT2D eigenvalue weighted by atomic mass is 9.87. The van der Waals surface area contributed by atoms with Gasteiger partial charge in [-0.3, -0.25) is 9.10 Å². The molecule has 180 valence electrons. The highest BCUT2D eigenvalue weighted by molar-refractivity contribution is 7.92. The van der Waals surface area contributed by atoms with Crippen LogP contribution in [0.15, 0.2) is 83.8 Å². The molecule has 0 unspecified atom stereocenters. The SMILES string of the molecule is CC(C)(C)c1ccc(OCCNC(=O)CN(c2ccccc2F)S(=O)(=O)c2ccccc2)cc1. The fourth-order valence-corrected chi connectivity index (χ4v) is 4.72. The first kappa shape index (κ1) is 25.2. The van der Waals surface area contributed by atoms with Crippen molar-refractivity contribution in [2.24, 2.45) is 0 Å². The van der Waals surface area contributed by atoms with E-state index in [0.29, 0.717) is 5.75 Å². The molecule has 1 amide bonds. The van der Waals surface area contributed by atoms with Crippen LogP contribution in [0.3, 0.4) is 0 Å². The van der Waals surface area contributed by atoms with Gasteiger partial charge in [-0.05, 0) is 47.4 Å². The molecule has 0 radical (unpaired) electrons. The van der Waals surface area contributed by atoms with Gasteiger partial charge in [0.05, 0.1) is 17.1 Å². The van der Waals surface area contributed by atoms with Crippen LogP contribution in [0, 0.1) is 5.82 Å². The second-order valence-electron chi connectivity index (χ2n) is 8.75. The van der Waals surface area contributed by atoms with Crippen molar-refractivity contribution in [3.63, 3.8) is 0 Å². The van der Waals surface area contributed by atoms with E-state index in [9.17, 15) is 17.6 Å². The number of benzene rings is 3. The lowest BCUT2D eigenvalue weighted by molar-refractivity contribution is -0.119. The Morgan fingerprint density at radius 3 is 2.18 bits per heavy atom. The van der Waals surface area contributed by atoms with E-state index in [2.05, 4.69) is 26.1 Å². The number of rotatable bonds is 9. The molecule has 0 aromatic heterocycles. The Bertz CT molecular complexity index is 1210. The van der Waals surface area contributed by atoms with Gasteiger partial charge >= 0.3 is 0 Å². The molecule has 3 aromatic rings. The predicted molar refractivity (Wildman–Crippen MR) is 131 cm³/mol. The molecular weight excluding hydrogens is 455 g/mol. The topological polar surface area (TPSA) is 75.7 Å². The summed E-state index contributed by atoms with van der Waals surface area (Å²) in [6.07, 6.45) is 0. The predicted octanol–water partition coefficient (Wildman–Crippen LogP) is 4.51. The first-order valence-electron chi connectivity index (χ1n) is 10.9. The van der Waals surface area contributed by atoms with E-state index in [0.717, 1.165) is 10.4 Å². The highest BCUT2D eigenvalue weighted by Crippen LogP contribution is 2.26. The summed E-state index contributed by atoms with van der Waals surface area (Å²) < 4.78 is 47.3. The maximum Gasteiger partial charge on any atom is 0.264 e. The van der Waals surface area contributed by atoms with Gasteiger partial charge in [0.2, 0.25) is 5.91 Å². The smallest absolute Gasteiger partial charge is 0.264 e. The van der Waals surface area contributed by atoms with Gasteiger partial charge in [-0.1, -0.05) is 63.2 Å². The van der Waals surface area contributed by atoms with E-state index in [1.807, 2.05) is 24.3 Å². The fourth-order valence-electron chi connectivity index (χ4n) is 3.27. The number of carbonyl (C=O) groups is 1. The Labute approximate surface area is 200 Å². The maximum atomic E-state index is 14.5. The van der Waals surface area contributed by atoms with Gasteiger partial charge in [-0.2, -0.15) is 0 Å². The number of sulfonamides is 1. The van der Waals surface area contributed by atoms with E-state index < -0.39 is 28.3 Å². The first-order chi connectivity index (χ1) is 16.1. The number of amides is 1. The molecule has 3 rings (SSSR count). The van der Waals surface area contributed by atoms with Crippen molar-refractivity contribution >= 4 is 21.6 Å². The molecule has 0 aliphatic rings. The lowest BCUT2D eigenvalue weighted by Gasteiger charge is -2.24. The number of ether oxygens (including phenoxy) is 1. The quantitative estimate of drug-likeness (QED) is 0.454. The summed E-state index contributed by atoms with van der Waals surface area (Å²) in [5, 5.41) is 2.64. The Kier molecular flexibility index (Phi) is 7.94. The third-order valence-corrected chi connectivity index (χ3v) is 6.93. The number of nitrogens with zero attached hydrogens (tertiary/aromatic N) is 1. The summed E-state index contributed by atoms with van der Waals surface area (Å²) in [7, 11) is -4.16. The monoisotopic (exact) mass is 484 g/mol. The molecule has 0 saturated heterocycles. The van der Waals surface area contributed by atoms with Crippen LogP contribution in [-0.4, -0.2) is 34.0 Å². The van der Waals surface area contributed by atoms with Crippen LogP contribution >= 0.6 is 0 Å². The molecule has 0 fully saturated rings. The number of para-hydroxylation sites is 1. The van der Waals surface area contributed by atoms with E-state index in [1.54, 1.807) is 18.2 Å². The van der Waals surface area contributed by atoms with Crippen LogP contribution in [0.25, 0.3) is 0 Å². The van der Waals surface area contributed by atoms with Crippen molar-refractivity contribution in [2.75, 3.05) is 24.0 Å². The first-order valence-corrected chi connectivity index (χ1v) is 12.4. The molecule has 34 heavy (non-hydrogen) atoms. The summed E-state index contributed by atoms with van der Waals surface area (Å²) in [5.41, 5.74) is 1.02. The van der Waals surface area contributed by atoms with Gasteiger partial charge in [0, 0.05) is 0 Å². The molecule has 6 nitrogen and oxygen atoms in total. The summed E-state index contributed by atoms with van der Waals surface area (Å²) in [5.74, 6) is -0.645. The third kappa shape index (κ3) is 6.35. The molecule has 0 atom stereocenters. The summed E-state index contributed by atoms with van der Waals surface area (Å²) in [6, 6.07) is 20.8. The Morgan fingerprint density at radius 1 is 0.941 bits per heavy atom. The largest absolute Gasteiger partial charge is 0.492 e. The number of hydrogen-bond acceptors (Lipinski definition) is 4. The minimum atomic E-state index is -4.16. The van der Waals surface area contributed by atoms with Crippen LogP contribution in [0.2, 0.25) is 0 Å². The van der Waals surface area contributed by atoms with Gasteiger partial charge < -0.3 is 10.1 Å². The number of halogens is 1. The van der Waals surface area contributed by atoms with E-state index >= 15 is 0 Å². The molecule has 0 bridgehead atoms. The van der Waals surface area contributed by atoms with E-state index in [4.69, 9.17) is 4.74 Å². The number of hydrogen-bond donors (Lipinski definition) is 1. The molecule has 0 aliphatic heterocycles. The highest BCUT2D eigenvalue weighted by atomic mass is 32.2. The van der Waals surface area contributed by atoms with Gasteiger partial charge in [-0.25, -0.2) is 12.8 Å². The zero-order valence-electron chi connectivity index (χ0n) is 19.5. The normalized spacial score (nSPS) is 11.6. The van der Waals surface area contributed by atoms with Crippen molar-refractivity contribution in [3.05, 3.63) is 90.2 Å². The molecule has 8 heteroatoms. The molecule has 0 saturated carbocycles. The zero-order chi connectivity index (χ0) is 24.8. The number of anilines is 1. The van der Waals surface area contributed by atoms with E-state index in [1.165, 1.54) is 35.9 Å². The number of carbonyl (C=O) groups excluding carboxylic acids is 1. The van der Waals surface area contributed by atoms with Crippen molar-refractivity contribution in [1.29, 1.82) is 0 Å². The summed E-state index contributed by atoms with van der Waals surface area (Å²) in [4.78, 5) is 12.6. The highest BCUT2D eigenvalue weighted by Gasteiger charge is 2.28. The average Bonchev–Trinajstić information content (AvgIpc) is 2.81. The number of nitrogens with one attached hydrogen (secondary N) is 1. The second-order valence-corrected chi connectivity index (χ2v) is 10.6. The standard InChI is InChI=1S/C26H29FN2O4S/c1-26(2,3)20-13-15-21(16-14-20)33-18-17-28-25(30)19-29(24-12-8-7-11-23(24)27)34(31,32)22-9-5-4-6-10-22/h4-16H,17-19H2,1-3H3,(H,28,30). The van der Waals surface area contributed by atoms with Crippen LogP contribution in [-0.2, 0) is 20.2 Å². The van der Waals surface area contributed by atoms with Crippen LogP contribution in [0.5, 0.6) is 5.75 Å². The molecule has 0 aliphatic carbocycles. The third-order valence-electron chi connectivity index (χ3n) is 5.15. The Balaban J connectivity index is 1.64. The Hall–Kier alpha value is -3.39. The van der Waals surface area contributed by atoms with Gasteiger partial charge in [0.25, 0.3) is 10.0 Å². The summed E-state index contributed by atoms with van der Waals surface area (Å²) >= 11 is 0. The lowest BCUT2D eigenvalue weighted by Crippen LogP contribution is -2.42. The average molecular weight is 485 g/mol. The van der Waals surface area contributed by atoms with Crippen molar-refractivity contribution < 1.29 is 22.3 Å². The maximum absolute atomic E-state index is 14.5. The van der Waals surface area contributed by atoms with Gasteiger partial charge in [-0.15, -0.1) is 0 Å². The van der Waals surface area contributed by atoms with Gasteiger partial charge in [0.1, 0.15) is 24.7 Å². The van der Waals surface area contributed by atoms with Crippen molar-refractivity contribution in [1.82, 2.24) is 5.32 Å². The summed E-state index contributed by atoms with van der Waals surface area (Å²) in [6.45, 7) is 6.17. The Morgan fingerprint density at radius 2 is 1.56 bits per heavy atom. The fraction of sp³-hybridized carbons (Fsp3) is 0.269. The van der Waals surface area contributed by atoms with Crippen LogP contribution in [0.1, 0.15) is 26.3 Å². The van der Waals surface area contributed by atoms with Crippen molar-refractivity contribution in [3.8, 4) is 5.75 Å². The van der Waals surface area contributed by atoms with Crippen molar-refractivity contribution in [2.45, 2.75) is 31.1 Å².